The van der Waals surface area contributed by atoms with Crippen LogP contribution in [0.15, 0.2) is 36.8 Å². The fourth-order valence-electron chi connectivity index (χ4n) is 9.28. The highest BCUT2D eigenvalue weighted by Gasteiger charge is 2.55. The van der Waals surface area contributed by atoms with Crippen LogP contribution in [0.4, 0.5) is 27.8 Å². The Kier molecular flexibility index (Phi) is 9.32. The molecule has 3 aromatic rings. The topological polar surface area (TPSA) is 225 Å². The molecular formula is C38H46N12O7. The smallest absolute Gasteiger partial charge is 0.410 e. The third kappa shape index (κ3) is 6.92. The van der Waals surface area contributed by atoms with Gasteiger partial charge in [-0.1, -0.05) is 0 Å². The molecule has 1 aromatic carbocycles. The Balaban J connectivity index is 0.767. The molecule has 5 N–H and O–H groups in total. The van der Waals surface area contributed by atoms with Crippen LogP contribution in [0.2, 0.25) is 0 Å². The van der Waals surface area contributed by atoms with E-state index in [1.165, 1.54) is 0 Å². The zero-order chi connectivity index (χ0) is 39.6. The van der Waals surface area contributed by atoms with Gasteiger partial charge in [0.25, 0.3) is 11.8 Å². The van der Waals surface area contributed by atoms with Crippen LogP contribution < -0.4 is 26.2 Å². The number of nitrogens with two attached hydrogens (primary N) is 1. The van der Waals surface area contributed by atoms with Gasteiger partial charge in [-0.3, -0.25) is 43.9 Å². The van der Waals surface area contributed by atoms with Gasteiger partial charge in [-0.15, -0.1) is 0 Å². The number of anilines is 4. The van der Waals surface area contributed by atoms with Gasteiger partial charge < -0.3 is 30.7 Å². The summed E-state index contributed by atoms with van der Waals surface area (Å²) in [5.41, 5.74) is 7.60. The van der Waals surface area contributed by atoms with Gasteiger partial charge >= 0.3 is 6.09 Å². The first kappa shape index (κ1) is 36.9. The number of piperidine rings is 3. The van der Waals surface area contributed by atoms with Crippen molar-refractivity contribution >= 4 is 52.7 Å². The summed E-state index contributed by atoms with van der Waals surface area (Å²) in [5.74, 6) is -0.605. The Labute approximate surface area is 328 Å². The number of carbonyl (C=O) groups is 5. The SMILES string of the molecule is Cn1cc(Nc2nc(N3CCCC(N4CC5(CN(CC6CCN(c7ccc8c(c7)C(=O)N(C7CCC(=O)NC7=O)C8=O)CC6)C5)OC4=O)C3)cnc2C(N)O)cn1. The molecule has 19 heteroatoms. The molecule has 3 unspecified atom stereocenters. The molecule has 8 heterocycles. The van der Waals surface area contributed by atoms with E-state index in [0.717, 1.165) is 62.4 Å². The lowest BCUT2D eigenvalue weighted by molar-refractivity contribution is -0.136. The van der Waals surface area contributed by atoms with E-state index in [9.17, 15) is 29.1 Å². The summed E-state index contributed by atoms with van der Waals surface area (Å²) < 4.78 is 7.71. The maximum Gasteiger partial charge on any atom is 0.410 e. The molecule has 2 aromatic heterocycles. The van der Waals surface area contributed by atoms with E-state index in [0.29, 0.717) is 49.4 Å². The number of carbonyl (C=O) groups excluding carboxylic acids is 5. The van der Waals surface area contributed by atoms with Gasteiger partial charge in [-0.2, -0.15) is 5.10 Å². The Morgan fingerprint density at radius 1 is 1.00 bits per heavy atom. The Morgan fingerprint density at radius 3 is 2.53 bits per heavy atom. The fraction of sp³-hybridized carbons (Fsp3) is 0.526. The molecule has 6 aliphatic heterocycles. The number of hydrogen-bond acceptors (Lipinski definition) is 15. The molecule has 5 fully saturated rings. The molecule has 5 saturated heterocycles. The summed E-state index contributed by atoms with van der Waals surface area (Å²) in [4.78, 5) is 82.6. The van der Waals surface area contributed by atoms with Crippen molar-refractivity contribution in [2.75, 3.05) is 67.5 Å². The average Bonchev–Trinajstić information content (AvgIpc) is 3.84. The van der Waals surface area contributed by atoms with Crippen molar-refractivity contribution in [3.63, 3.8) is 0 Å². The first-order valence-electron chi connectivity index (χ1n) is 19.6. The van der Waals surface area contributed by atoms with Gasteiger partial charge in [-0.05, 0) is 56.2 Å². The number of aryl methyl sites for hydroxylation is 1. The number of fused-ring (bicyclic) bond motifs is 1. The number of benzene rings is 1. The van der Waals surface area contributed by atoms with Crippen LogP contribution >= 0.6 is 0 Å². The van der Waals surface area contributed by atoms with Crippen LogP contribution in [0.3, 0.4) is 0 Å². The molecule has 5 amide bonds. The largest absolute Gasteiger partial charge is 0.438 e. The molecule has 6 aliphatic rings. The molecule has 0 radical (unpaired) electrons. The van der Waals surface area contributed by atoms with Gasteiger partial charge in [0, 0.05) is 71.2 Å². The van der Waals surface area contributed by atoms with E-state index in [2.05, 4.69) is 35.4 Å². The van der Waals surface area contributed by atoms with Crippen LogP contribution in [0, 0.1) is 5.92 Å². The van der Waals surface area contributed by atoms with Crippen molar-refractivity contribution in [2.45, 2.75) is 62.4 Å². The van der Waals surface area contributed by atoms with E-state index in [1.807, 2.05) is 11.0 Å². The van der Waals surface area contributed by atoms with E-state index in [-0.39, 0.29) is 41.8 Å². The Morgan fingerprint density at radius 2 is 1.79 bits per heavy atom. The Hall–Kier alpha value is -5.66. The summed E-state index contributed by atoms with van der Waals surface area (Å²) in [6, 6.07) is 4.24. The molecule has 0 bridgehead atoms. The highest BCUT2D eigenvalue weighted by Crippen LogP contribution is 2.38. The molecule has 3 atom stereocenters. The van der Waals surface area contributed by atoms with Gasteiger partial charge in [0.05, 0.1) is 41.8 Å². The Bertz CT molecular complexity index is 2130. The first-order valence-corrected chi connectivity index (χ1v) is 19.6. The van der Waals surface area contributed by atoms with E-state index in [4.69, 9.17) is 15.5 Å². The van der Waals surface area contributed by atoms with E-state index in [1.54, 1.807) is 42.5 Å². The first-order chi connectivity index (χ1) is 27.4. The van der Waals surface area contributed by atoms with Crippen molar-refractivity contribution in [1.29, 1.82) is 0 Å². The number of imide groups is 2. The van der Waals surface area contributed by atoms with Crippen molar-refractivity contribution in [2.24, 2.45) is 18.7 Å². The molecule has 57 heavy (non-hydrogen) atoms. The summed E-state index contributed by atoms with van der Waals surface area (Å²) in [6.45, 7) is 5.73. The van der Waals surface area contributed by atoms with Crippen molar-refractivity contribution in [3.05, 3.63) is 53.6 Å². The molecule has 300 valence electrons. The number of rotatable bonds is 9. The van der Waals surface area contributed by atoms with Crippen LogP contribution in [0.5, 0.6) is 0 Å². The van der Waals surface area contributed by atoms with E-state index >= 15 is 0 Å². The number of nitrogens with zero attached hydrogens (tertiary/aromatic N) is 9. The summed E-state index contributed by atoms with van der Waals surface area (Å²) in [5, 5.41) is 19.7. The minimum Gasteiger partial charge on any atom is -0.438 e. The molecule has 1 spiro atoms. The number of aliphatic hydroxyl groups is 1. The maximum absolute atomic E-state index is 13.3. The number of nitrogens with one attached hydrogen (secondary N) is 2. The average molecular weight is 783 g/mol. The standard InChI is InChI=1S/C38H46N12O7/c1-45-17-23(14-41-45)42-33-31(32(39)52)40-15-29(43-33)48-10-2-3-25(18-48)49-21-38(57-37(49)56)19-46(20-38)16-22-8-11-47(12-9-22)24-4-5-26-27(13-24)36(55)50(35(26)54)28-6-7-30(51)44-34(28)53/h4-5,13-15,17,22,25,28,32,52H,2-3,6-12,16,18-21,39H2,1H3,(H,42,43)(H,44,51,53). The maximum atomic E-state index is 13.3. The van der Waals surface area contributed by atoms with Crippen LogP contribution in [0.25, 0.3) is 0 Å². The minimum absolute atomic E-state index is 0.0477. The third-order valence-corrected chi connectivity index (χ3v) is 12.1. The van der Waals surface area contributed by atoms with Crippen LogP contribution in [0.1, 0.15) is 71.2 Å². The molecule has 0 saturated carbocycles. The lowest BCUT2D eigenvalue weighted by Crippen LogP contribution is -2.65. The molecule has 9 rings (SSSR count). The van der Waals surface area contributed by atoms with Crippen LogP contribution in [-0.2, 0) is 21.4 Å². The number of amides is 5. The van der Waals surface area contributed by atoms with Gasteiger partial charge in [0.15, 0.2) is 11.4 Å². The summed E-state index contributed by atoms with van der Waals surface area (Å²) >= 11 is 0. The van der Waals surface area contributed by atoms with Crippen molar-refractivity contribution in [3.8, 4) is 0 Å². The normalized spacial score (nSPS) is 24.5. The zero-order valence-corrected chi connectivity index (χ0v) is 31.7. The predicted octanol–water partition coefficient (Wildman–Crippen LogP) is 0.697. The van der Waals surface area contributed by atoms with Crippen molar-refractivity contribution < 1.29 is 33.8 Å². The number of hydrogen-bond donors (Lipinski definition) is 4. The zero-order valence-electron chi connectivity index (χ0n) is 31.7. The lowest BCUT2D eigenvalue weighted by atomic mass is 9.89. The number of aliphatic hydroxyl groups excluding tert-OH is 1. The van der Waals surface area contributed by atoms with Gasteiger partial charge in [-0.25, -0.2) is 14.8 Å². The van der Waals surface area contributed by atoms with Gasteiger partial charge in [0.1, 0.15) is 23.8 Å². The van der Waals surface area contributed by atoms with Gasteiger partial charge in [0.2, 0.25) is 11.8 Å². The van der Waals surface area contributed by atoms with E-state index < -0.39 is 41.5 Å². The molecule has 19 nitrogen and oxygen atoms in total. The van der Waals surface area contributed by atoms with Crippen molar-refractivity contribution in [1.82, 2.24) is 39.8 Å². The minimum atomic E-state index is -1.31. The second-order valence-electron chi connectivity index (χ2n) is 16.1. The molecular weight excluding hydrogens is 736 g/mol. The number of ether oxygens (including phenoxy) is 1. The predicted molar refractivity (Wildman–Crippen MR) is 203 cm³/mol. The second-order valence-corrected chi connectivity index (χ2v) is 16.1. The summed E-state index contributed by atoms with van der Waals surface area (Å²) in [6.07, 6.45) is 7.26. The highest BCUT2D eigenvalue weighted by molar-refractivity contribution is 6.23. The fourth-order valence-corrected chi connectivity index (χ4v) is 9.28. The van der Waals surface area contributed by atoms with Crippen LogP contribution in [-0.4, -0.2) is 139 Å². The number of aromatic nitrogens is 4. The summed E-state index contributed by atoms with van der Waals surface area (Å²) in [7, 11) is 1.80. The lowest BCUT2D eigenvalue weighted by Gasteiger charge is -2.48. The highest BCUT2D eigenvalue weighted by atomic mass is 16.6. The second kappa shape index (κ2) is 14.4. The monoisotopic (exact) mass is 782 g/mol. The third-order valence-electron chi connectivity index (χ3n) is 12.1. The number of likely N-dealkylation sites (tertiary alicyclic amines) is 1. The quantitative estimate of drug-likeness (QED) is 0.173. The molecule has 0 aliphatic carbocycles.